The van der Waals surface area contributed by atoms with Crippen molar-refractivity contribution in [3.8, 4) is 5.75 Å². The number of imide groups is 1. The molecule has 3 rings (SSSR count). The van der Waals surface area contributed by atoms with E-state index in [2.05, 4.69) is 21.3 Å². The van der Waals surface area contributed by atoms with Crippen molar-refractivity contribution in [2.45, 2.75) is 25.4 Å². The number of piperidine rings is 1. The quantitative estimate of drug-likeness (QED) is 0.247. The van der Waals surface area contributed by atoms with Gasteiger partial charge in [-0.3, -0.25) is 34.1 Å². The average molecular weight is 511 g/mol. The Kier molecular flexibility index (Phi) is 9.44. The van der Waals surface area contributed by atoms with Gasteiger partial charge in [0.1, 0.15) is 18.4 Å². The number of amides is 5. The van der Waals surface area contributed by atoms with Crippen LogP contribution in [0.5, 0.6) is 5.75 Å². The minimum absolute atomic E-state index is 0.00548. The number of benzene rings is 2. The number of aldehydes is 1. The van der Waals surface area contributed by atoms with Crippen molar-refractivity contribution in [2.75, 3.05) is 25.6 Å². The van der Waals surface area contributed by atoms with Gasteiger partial charge in [0.05, 0.1) is 5.56 Å². The van der Waals surface area contributed by atoms with Crippen LogP contribution in [0.25, 0.3) is 0 Å². The Balaban J connectivity index is 1.63. The number of carbonyl (C=O) groups is 6. The summed E-state index contributed by atoms with van der Waals surface area (Å²) < 4.78 is 10.3. The van der Waals surface area contributed by atoms with E-state index in [-0.39, 0.29) is 48.8 Å². The van der Waals surface area contributed by atoms with Gasteiger partial charge < -0.3 is 25.4 Å². The van der Waals surface area contributed by atoms with E-state index in [9.17, 15) is 28.8 Å². The second kappa shape index (κ2) is 12.9. The van der Waals surface area contributed by atoms with Gasteiger partial charge in [0.25, 0.3) is 11.8 Å². The lowest BCUT2D eigenvalue weighted by Gasteiger charge is -2.22. The molecule has 1 aliphatic heterocycles. The van der Waals surface area contributed by atoms with Crippen molar-refractivity contribution in [3.63, 3.8) is 0 Å². The highest BCUT2D eigenvalue weighted by molar-refractivity contribution is 6.07. The number of hydrogen-bond donors (Lipinski definition) is 4. The van der Waals surface area contributed by atoms with Crippen molar-refractivity contribution < 1.29 is 38.2 Å². The van der Waals surface area contributed by atoms with E-state index in [1.807, 2.05) is 0 Å². The lowest BCUT2D eigenvalue weighted by Crippen LogP contribution is -2.52. The number of methoxy groups -OCH3 is 1. The molecule has 0 saturated carbocycles. The summed E-state index contributed by atoms with van der Waals surface area (Å²) in [5.41, 5.74) is 1.08. The minimum atomic E-state index is -0.951. The average Bonchev–Trinajstić information content (AvgIpc) is 2.88. The van der Waals surface area contributed by atoms with Crippen molar-refractivity contribution in [2.24, 2.45) is 0 Å². The second-order valence-electron chi connectivity index (χ2n) is 8.06. The van der Waals surface area contributed by atoms with Gasteiger partial charge in [0.2, 0.25) is 17.7 Å². The predicted molar refractivity (Wildman–Crippen MR) is 130 cm³/mol. The van der Waals surface area contributed by atoms with Gasteiger partial charge in [-0.05, 0) is 30.2 Å². The molecule has 1 heterocycles. The first-order chi connectivity index (χ1) is 17.8. The van der Waals surface area contributed by atoms with Crippen LogP contribution in [0.4, 0.5) is 5.69 Å². The highest BCUT2D eigenvalue weighted by Gasteiger charge is 2.29. The monoisotopic (exact) mass is 510 g/mol. The fraction of sp³-hybridized carbons (Fsp3) is 0.280. The third-order valence-corrected chi connectivity index (χ3v) is 5.29. The number of ether oxygens (including phenoxy) is 2. The first kappa shape index (κ1) is 27.0. The zero-order valence-corrected chi connectivity index (χ0v) is 20.0. The summed E-state index contributed by atoms with van der Waals surface area (Å²) in [5.74, 6) is -2.67. The van der Waals surface area contributed by atoms with Crippen LogP contribution in [0.3, 0.4) is 0 Å². The standard InChI is InChI=1S/C25H26N4O8/c1-36-13-21(32)26-11-15-4-2-6-17(10-15)27-22(33)14-37-19-7-3-5-16(12-30)23(19)25(35)28-18-8-9-20(31)29-24(18)34/h2-7,10,12,18H,8-9,11,13-14H2,1H3,(H,26,32)(H,27,33)(H,28,35)(H,29,31,34). The van der Waals surface area contributed by atoms with E-state index < -0.39 is 36.3 Å². The first-order valence-corrected chi connectivity index (χ1v) is 11.3. The molecule has 0 aromatic heterocycles. The van der Waals surface area contributed by atoms with E-state index in [0.717, 1.165) is 5.56 Å². The van der Waals surface area contributed by atoms with Crippen LogP contribution in [-0.2, 0) is 30.5 Å². The molecular formula is C25H26N4O8. The molecule has 194 valence electrons. The highest BCUT2D eigenvalue weighted by atomic mass is 16.5. The van der Waals surface area contributed by atoms with E-state index in [1.165, 1.54) is 25.3 Å². The van der Waals surface area contributed by atoms with Crippen LogP contribution in [0.2, 0.25) is 0 Å². The third-order valence-electron chi connectivity index (χ3n) is 5.29. The Hall–Kier alpha value is -4.58. The van der Waals surface area contributed by atoms with E-state index >= 15 is 0 Å². The molecule has 1 unspecified atom stereocenters. The van der Waals surface area contributed by atoms with Gasteiger partial charge in [-0.15, -0.1) is 0 Å². The number of hydrogen-bond acceptors (Lipinski definition) is 8. The van der Waals surface area contributed by atoms with Gasteiger partial charge in [-0.1, -0.05) is 24.3 Å². The fourth-order valence-electron chi connectivity index (χ4n) is 3.55. The van der Waals surface area contributed by atoms with Crippen molar-refractivity contribution in [3.05, 3.63) is 59.2 Å². The van der Waals surface area contributed by atoms with Crippen LogP contribution < -0.4 is 26.0 Å². The molecule has 12 nitrogen and oxygen atoms in total. The summed E-state index contributed by atoms with van der Waals surface area (Å²) in [6.45, 7) is -0.297. The number of anilines is 1. The largest absolute Gasteiger partial charge is 0.483 e. The molecule has 1 saturated heterocycles. The van der Waals surface area contributed by atoms with Gasteiger partial charge >= 0.3 is 0 Å². The number of rotatable bonds is 11. The molecule has 0 bridgehead atoms. The normalized spacial score (nSPS) is 14.8. The molecule has 0 radical (unpaired) electrons. The zero-order chi connectivity index (χ0) is 26.8. The Bertz CT molecular complexity index is 1210. The maximum absolute atomic E-state index is 12.9. The van der Waals surface area contributed by atoms with Crippen LogP contribution >= 0.6 is 0 Å². The molecule has 1 fully saturated rings. The van der Waals surface area contributed by atoms with Gasteiger partial charge in [-0.25, -0.2) is 0 Å². The van der Waals surface area contributed by atoms with Gasteiger partial charge in [0.15, 0.2) is 12.9 Å². The zero-order valence-electron chi connectivity index (χ0n) is 20.0. The SMILES string of the molecule is COCC(=O)NCc1cccc(NC(=O)COc2cccc(C=O)c2C(=O)NC2CCC(=O)NC2=O)c1. The van der Waals surface area contributed by atoms with E-state index in [0.29, 0.717) is 12.0 Å². The molecular weight excluding hydrogens is 484 g/mol. The predicted octanol–water partition coefficient (Wildman–Crippen LogP) is 0.314. The molecule has 1 aliphatic rings. The lowest BCUT2D eigenvalue weighted by molar-refractivity contribution is -0.134. The van der Waals surface area contributed by atoms with Crippen molar-refractivity contribution >= 4 is 41.5 Å². The molecule has 0 aliphatic carbocycles. The fourth-order valence-corrected chi connectivity index (χ4v) is 3.55. The summed E-state index contributed by atoms with van der Waals surface area (Å²) in [5, 5.41) is 9.99. The maximum Gasteiger partial charge on any atom is 0.262 e. The Morgan fingerprint density at radius 1 is 1.08 bits per heavy atom. The minimum Gasteiger partial charge on any atom is -0.483 e. The maximum atomic E-state index is 12.9. The van der Waals surface area contributed by atoms with Crippen molar-refractivity contribution in [1.29, 1.82) is 0 Å². The van der Waals surface area contributed by atoms with Crippen LogP contribution in [0.15, 0.2) is 42.5 Å². The Morgan fingerprint density at radius 2 is 1.86 bits per heavy atom. The van der Waals surface area contributed by atoms with Crippen LogP contribution in [0.1, 0.15) is 39.1 Å². The number of nitrogens with one attached hydrogen (secondary N) is 4. The number of carbonyl (C=O) groups excluding carboxylic acids is 6. The lowest BCUT2D eigenvalue weighted by atomic mass is 10.0. The molecule has 2 aromatic rings. The molecule has 37 heavy (non-hydrogen) atoms. The Morgan fingerprint density at radius 3 is 2.59 bits per heavy atom. The van der Waals surface area contributed by atoms with E-state index in [1.54, 1.807) is 24.3 Å². The highest BCUT2D eigenvalue weighted by Crippen LogP contribution is 2.22. The topological polar surface area (TPSA) is 169 Å². The molecule has 12 heteroatoms. The molecule has 1 atom stereocenters. The van der Waals surface area contributed by atoms with Crippen LogP contribution in [0, 0.1) is 0 Å². The summed E-state index contributed by atoms with van der Waals surface area (Å²) >= 11 is 0. The summed E-state index contributed by atoms with van der Waals surface area (Å²) in [7, 11) is 1.42. The van der Waals surface area contributed by atoms with Gasteiger partial charge in [0, 0.05) is 31.3 Å². The first-order valence-electron chi connectivity index (χ1n) is 11.3. The molecule has 2 aromatic carbocycles. The Labute approximate surface area is 212 Å². The van der Waals surface area contributed by atoms with Crippen molar-refractivity contribution in [1.82, 2.24) is 16.0 Å². The van der Waals surface area contributed by atoms with Gasteiger partial charge in [-0.2, -0.15) is 0 Å². The third kappa shape index (κ3) is 7.70. The summed E-state index contributed by atoms with van der Waals surface area (Å²) in [6.07, 6.45) is 0.646. The second-order valence-corrected chi connectivity index (χ2v) is 8.06. The van der Waals surface area contributed by atoms with E-state index in [4.69, 9.17) is 9.47 Å². The molecule has 5 amide bonds. The smallest absolute Gasteiger partial charge is 0.262 e. The molecule has 0 spiro atoms. The summed E-state index contributed by atoms with van der Waals surface area (Å²) in [4.78, 5) is 71.9. The van der Waals surface area contributed by atoms with Crippen LogP contribution in [-0.4, -0.2) is 62.2 Å². The molecule has 4 N–H and O–H groups in total. The summed E-state index contributed by atoms with van der Waals surface area (Å²) in [6, 6.07) is 10.2.